The quantitative estimate of drug-likeness (QED) is 0.665. The lowest BCUT2D eigenvalue weighted by molar-refractivity contribution is 0.100. The number of hydrogen-bond donors (Lipinski definition) is 3. The van der Waals surface area contributed by atoms with Crippen LogP contribution in [0, 0.1) is 5.82 Å². The van der Waals surface area contributed by atoms with Crippen molar-refractivity contribution in [2.75, 3.05) is 5.32 Å². The van der Waals surface area contributed by atoms with Gasteiger partial charge >= 0.3 is 0 Å². The van der Waals surface area contributed by atoms with E-state index in [-0.39, 0.29) is 16.6 Å². The van der Waals surface area contributed by atoms with Crippen molar-refractivity contribution >= 4 is 34.1 Å². The van der Waals surface area contributed by atoms with E-state index in [2.05, 4.69) is 10.3 Å². The summed E-state index contributed by atoms with van der Waals surface area (Å²) in [5.74, 6) is -1.12. The van der Waals surface area contributed by atoms with Gasteiger partial charge in [0.25, 0.3) is 5.56 Å². The van der Waals surface area contributed by atoms with E-state index < -0.39 is 11.7 Å². The van der Waals surface area contributed by atoms with Crippen molar-refractivity contribution in [2.24, 2.45) is 5.73 Å². The van der Waals surface area contributed by atoms with E-state index >= 15 is 0 Å². The van der Waals surface area contributed by atoms with Gasteiger partial charge < -0.3 is 16.0 Å². The Bertz CT molecular complexity index is 1030. The van der Waals surface area contributed by atoms with E-state index in [0.29, 0.717) is 27.7 Å². The molecule has 0 aliphatic rings. The smallest absolute Gasteiger partial charge is 0.253 e. The number of halogens is 2. The van der Waals surface area contributed by atoms with Gasteiger partial charge in [0, 0.05) is 22.2 Å². The number of nitrogens with one attached hydrogen (secondary N) is 2. The van der Waals surface area contributed by atoms with Gasteiger partial charge in [-0.25, -0.2) is 4.39 Å². The molecule has 0 aliphatic carbocycles. The van der Waals surface area contributed by atoms with Gasteiger partial charge in [-0.3, -0.25) is 9.59 Å². The molecule has 0 spiro atoms. The molecule has 0 saturated carbocycles. The molecular weight excluding hydrogens is 345 g/mol. The Labute approximate surface area is 147 Å². The van der Waals surface area contributed by atoms with Crippen LogP contribution in [0.25, 0.3) is 10.9 Å². The highest BCUT2D eigenvalue weighted by atomic mass is 35.5. The van der Waals surface area contributed by atoms with Gasteiger partial charge in [0.15, 0.2) is 0 Å². The molecule has 4 N–H and O–H groups in total. The summed E-state index contributed by atoms with van der Waals surface area (Å²) >= 11 is 5.81. The highest BCUT2D eigenvalue weighted by Gasteiger charge is 2.13. The third-order valence-corrected chi connectivity index (χ3v) is 4.20. The van der Waals surface area contributed by atoms with Crippen molar-refractivity contribution in [1.29, 1.82) is 0 Å². The number of aromatic amines is 1. The maximum atomic E-state index is 13.5. The minimum absolute atomic E-state index is 0.0136. The molecule has 2 aromatic carbocycles. The van der Waals surface area contributed by atoms with Crippen LogP contribution >= 0.6 is 11.6 Å². The number of hydrogen-bond acceptors (Lipinski definition) is 3. The number of carbonyl (C=O) groups excluding carboxylic acids is 1. The summed E-state index contributed by atoms with van der Waals surface area (Å²) in [5, 5.41) is 3.76. The molecule has 0 unspecified atom stereocenters. The van der Waals surface area contributed by atoms with Crippen molar-refractivity contribution < 1.29 is 9.18 Å². The van der Waals surface area contributed by atoms with Gasteiger partial charge in [-0.05, 0) is 43.3 Å². The van der Waals surface area contributed by atoms with E-state index in [1.807, 2.05) is 0 Å². The molecule has 0 saturated heterocycles. The first-order valence-corrected chi connectivity index (χ1v) is 7.91. The summed E-state index contributed by atoms with van der Waals surface area (Å²) < 4.78 is 13.5. The van der Waals surface area contributed by atoms with Crippen LogP contribution in [-0.4, -0.2) is 10.9 Å². The molecule has 128 valence electrons. The Morgan fingerprint density at radius 1 is 1.28 bits per heavy atom. The fraction of sp³-hybridized carbons (Fsp3) is 0.111. The van der Waals surface area contributed by atoms with Gasteiger partial charge in [-0.15, -0.1) is 0 Å². The molecule has 7 heteroatoms. The first-order valence-electron chi connectivity index (χ1n) is 7.53. The minimum Gasteiger partial charge on any atom is -0.378 e. The zero-order valence-corrected chi connectivity index (χ0v) is 14.0. The molecule has 1 heterocycles. The number of amides is 1. The standard InChI is InChI=1S/C18H15ClFN3O2/c1-9(22-12-4-2-3-10(5-12)17(21)24)13-6-11-7-14(19)15(20)8-16(11)23-18(13)25/h2-9,22H,1H3,(H2,21,24)(H,23,25)/t9-/m0/s1. The van der Waals surface area contributed by atoms with E-state index in [1.54, 1.807) is 37.3 Å². The Kier molecular flexibility index (Phi) is 4.46. The molecule has 3 aromatic rings. The van der Waals surface area contributed by atoms with E-state index in [4.69, 9.17) is 17.3 Å². The number of benzene rings is 2. The monoisotopic (exact) mass is 359 g/mol. The third-order valence-electron chi connectivity index (χ3n) is 3.91. The maximum Gasteiger partial charge on any atom is 0.253 e. The van der Waals surface area contributed by atoms with Crippen molar-refractivity contribution in [3.05, 3.63) is 74.8 Å². The molecule has 1 amide bonds. The number of pyridine rings is 1. The first-order chi connectivity index (χ1) is 11.8. The van der Waals surface area contributed by atoms with Crippen LogP contribution in [0.3, 0.4) is 0 Å². The predicted octanol–water partition coefficient (Wildman–Crippen LogP) is 3.59. The lowest BCUT2D eigenvalue weighted by atomic mass is 10.1. The van der Waals surface area contributed by atoms with Crippen LogP contribution in [0.2, 0.25) is 5.02 Å². The van der Waals surface area contributed by atoms with Crippen LogP contribution in [-0.2, 0) is 0 Å². The molecule has 3 rings (SSSR count). The highest BCUT2D eigenvalue weighted by molar-refractivity contribution is 6.31. The number of rotatable bonds is 4. The SMILES string of the molecule is C[C@H](Nc1cccc(C(N)=O)c1)c1cc2cc(Cl)c(F)cc2[nH]c1=O. The molecule has 0 radical (unpaired) electrons. The van der Waals surface area contributed by atoms with E-state index in [1.165, 1.54) is 12.1 Å². The first kappa shape index (κ1) is 17.0. The van der Waals surface area contributed by atoms with Gasteiger partial charge in [0.2, 0.25) is 5.91 Å². The zero-order valence-electron chi connectivity index (χ0n) is 13.3. The Morgan fingerprint density at radius 3 is 2.76 bits per heavy atom. The normalized spacial score (nSPS) is 12.1. The average Bonchev–Trinajstić information content (AvgIpc) is 2.56. The van der Waals surface area contributed by atoms with Crippen LogP contribution in [0.5, 0.6) is 0 Å². The number of fused-ring (bicyclic) bond motifs is 1. The number of aromatic nitrogens is 1. The van der Waals surface area contributed by atoms with Crippen molar-refractivity contribution in [3.63, 3.8) is 0 Å². The number of carbonyl (C=O) groups is 1. The number of nitrogens with two attached hydrogens (primary N) is 1. The number of H-pyrrole nitrogens is 1. The van der Waals surface area contributed by atoms with Gasteiger partial charge in [-0.1, -0.05) is 17.7 Å². The molecular formula is C18H15ClFN3O2. The molecule has 1 aromatic heterocycles. The maximum absolute atomic E-state index is 13.5. The molecule has 5 nitrogen and oxygen atoms in total. The summed E-state index contributed by atoms with van der Waals surface area (Å²) in [6, 6.07) is 10.6. The predicted molar refractivity (Wildman–Crippen MR) is 96.5 cm³/mol. The Balaban J connectivity index is 1.96. The second-order valence-corrected chi connectivity index (χ2v) is 6.13. The largest absolute Gasteiger partial charge is 0.378 e. The summed E-state index contributed by atoms with van der Waals surface area (Å²) in [4.78, 5) is 26.2. The van der Waals surface area contributed by atoms with Crippen molar-refractivity contribution in [2.45, 2.75) is 13.0 Å². The molecule has 0 fully saturated rings. The summed E-state index contributed by atoms with van der Waals surface area (Å²) in [6.45, 7) is 1.80. The summed E-state index contributed by atoms with van der Waals surface area (Å²) in [5.41, 5.74) is 6.79. The molecule has 0 bridgehead atoms. The van der Waals surface area contributed by atoms with E-state index in [9.17, 15) is 14.0 Å². The van der Waals surface area contributed by atoms with Crippen LogP contribution < -0.4 is 16.6 Å². The van der Waals surface area contributed by atoms with Crippen molar-refractivity contribution in [3.8, 4) is 0 Å². The topological polar surface area (TPSA) is 88.0 Å². The lowest BCUT2D eigenvalue weighted by Crippen LogP contribution is -2.19. The zero-order chi connectivity index (χ0) is 18.1. The van der Waals surface area contributed by atoms with Crippen molar-refractivity contribution in [1.82, 2.24) is 4.98 Å². The van der Waals surface area contributed by atoms with Crippen LogP contribution in [0.1, 0.15) is 28.9 Å². The summed E-state index contributed by atoms with van der Waals surface area (Å²) in [6.07, 6.45) is 0. The number of primary amides is 1. The third kappa shape index (κ3) is 3.49. The lowest BCUT2D eigenvalue weighted by Gasteiger charge is -2.16. The Hall–Kier alpha value is -2.86. The van der Waals surface area contributed by atoms with Crippen LogP contribution in [0.15, 0.2) is 47.3 Å². The second-order valence-electron chi connectivity index (χ2n) is 5.72. The molecule has 0 aliphatic heterocycles. The number of anilines is 1. The van der Waals surface area contributed by atoms with Gasteiger partial charge in [0.1, 0.15) is 5.82 Å². The van der Waals surface area contributed by atoms with Gasteiger partial charge in [-0.2, -0.15) is 0 Å². The average molecular weight is 360 g/mol. The van der Waals surface area contributed by atoms with Gasteiger partial charge in [0.05, 0.1) is 16.6 Å². The highest BCUT2D eigenvalue weighted by Crippen LogP contribution is 2.24. The molecule has 25 heavy (non-hydrogen) atoms. The summed E-state index contributed by atoms with van der Waals surface area (Å²) in [7, 11) is 0. The Morgan fingerprint density at radius 2 is 2.04 bits per heavy atom. The fourth-order valence-electron chi connectivity index (χ4n) is 2.63. The second kappa shape index (κ2) is 6.57. The van der Waals surface area contributed by atoms with Crippen LogP contribution in [0.4, 0.5) is 10.1 Å². The fourth-order valence-corrected chi connectivity index (χ4v) is 2.80. The minimum atomic E-state index is -0.591. The van der Waals surface area contributed by atoms with E-state index in [0.717, 1.165) is 0 Å². The molecule has 1 atom stereocenters.